The predicted molar refractivity (Wildman–Crippen MR) is 184 cm³/mol. The molecule has 1 aromatic rings. The Bertz CT molecular complexity index is 1010. The van der Waals surface area contributed by atoms with Crippen molar-refractivity contribution in [2.24, 2.45) is 11.8 Å². The molecule has 254 valence electrons. The maximum absolute atomic E-state index is 13.7. The molecule has 0 fully saturated rings. The van der Waals surface area contributed by atoms with Gasteiger partial charge in [-0.25, -0.2) is 0 Å². The van der Waals surface area contributed by atoms with Crippen LogP contribution in [0.1, 0.15) is 171 Å². The molecule has 1 aliphatic rings. The summed E-state index contributed by atoms with van der Waals surface area (Å²) in [5, 5.41) is 5.97. The highest BCUT2D eigenvalue weighted by molar-refractivity contribution is 6.23. The summed E-state index contributed by atoms with van der Waals surface area (Å²) in [6.45, 7) is 10.6. The second-order valence-corrected chi connectivity index (χ2v) is 13.3. The van der Waals surface area contributed by atoms with E-state index in [4.69, 9.17) is 0 Å². The minimum atomic E-state index is -0.984. The first-order valence-corrected chi connectivity index (χ1v) is 18.3. The van der Waals surface area contributed by atoms with Crippen LogP contribution in [0, 0.1) is 11.8 Å². The molecule has 1 aromatic carbocycles. The maximum atomic E-state index is 13.7. The molecule has 1 heterocycles. The molecule has 45 heavy (non-hydrogen) atoms. The molecule has 0 spiro atoms. The van der Waals surface area contributed by atoms with Crippen LogP contribution in [0.25, 0.3) is 0 Å². The van der Waals surface area contributed by atoms with E-state index < -0.39 is 29.8 Å². The van der Waals surface area contributed by atoms with Gasteiger partial charge in [0.2, 0.25) is 11.8 Å². The van der Waals surface area contributed by atoms with Gasteiger partial charge in [-0.1, -0.05) is 156 Å². The first-order valence-electron chi connectivity index (χ1n) is 18.3. The Morgan fingerprint density at radius 1 is 0.622 bits per heavy atom. The molecule has 0 unspecified atom stereocenters. The number of carbonyl (C=O) groups is 4. The molecule has 0 saturated heterocycles. The van der Waals surface area contributed by atoms with Crippen LogP contribution in [-0.4, -0.2) is 47.2 Å². The van der Waals surface area contributed by atoms with E-state index in [1.165, 1.54) is 89.9 Å². The Kier molecular flexibility index (Phi) is 18.8. The summed E-state index contributed by atoms with van der Waals surface area (Å²) in [4.78, 5) is 54.5. The minimum absolute atomic E-state index is 0.0977. The zero-order valence-electron chi connectivity index (χ0n) is 29.1. The highest BCUT2D eigenvalue weighted by Gasteiger charge is 2.45. The normalized spacial score (nSPS) is 15.4. The van der Waals surface area contributed by atoms with Crippen LogP contribution in [-0.2, 0) is 9.59 Å². The van der Waals surface area contributed by atoms with E-state index in [0.717, 1.165) is 17.7 Å². The van der Waals surface area contributed by atoms with Crippen molar-refractivity contribution in [3.05, 3.63) is 35.4 Å². The quantitative estimate of drug-likeness (QED) is 0.0840. The van der Waals surface area contributed by atoms with Crippen LogP contribution >= 0.6 is 0 Å². The summed E-state index contributed by atoms with van der Waals surface area (Å²) < 4.78 is 0. The zero-order valence-corrected chi connectivity index (χ0v) is 29.1. The van der Waals surface area contributed by atoms with Gasteiger partial charge in [-0.05, 0) is 30.4 Å². The van der Waals surface area contributed by atoms with Crippen molar-refractivity contribution in [2.75, 3.05) is 6.54 Å². The summed E-state index contributed by atoms with van der Waals surface area (Å²) >= 11 is 0. The van der Waals surface area contributed by atoms with Crippen LogP contribution in [0.5, 0.6) is 0 Å². The Labute approximate surface area is 274 Å². The van der Waals surface area contributed by atoms with Crippen LogP contribution in [0.15, 0.2) is 24.3 Å². The van der Waals surface area contributed by atoms with Crippen molar-refractivity contribution in [2.45, 2.75) is 162 Å². The monoisotopic (exact) mass is 625 g/mol. The Hall–Kier alpha value is -2.70. The van der Waals surface area contributed by atoms with E-state index in [1.807, 2.05) is 27.7 Å². The first-order chi connectivity index (χ1) is 21.8. The molecule has 0 aliphatic carbocycles. The third-order valence-electron chi connectivity index (χ3n) is 9.68. The lowest BCUT2D eigenvalue weighted by atomic mass is 9.94. The van der Waals surface area contributed by atoms with E-state index >= 15 is 0 Å². The largest absolute Gasteiger partial charge is 0.354 e. The highest BCUT2D eigenvalue weighted by atomic mass is 16.2. The van der Waals surface area contributed by atoms with Crippen molar-refractivity contribution in [1.82, 2.24) is 15.5 Å². The number of imide groups is 1. The van der Waals surface area contributed by atoms with Crippen molar-refractivity contribution in [3.8, 4) is 0 Å². The summed E-state index contributed by atoms with van der Waals surface area (Å²) in [5.74, 6) is -1.93. The van der Waals surface area contributed by atoms with Gasteiger partial charge < -0.3 is 10.6 Å². The standard InChI is InChI=1S/C38H63N3O4/c1-6-9-10-11-12-13-14-15-16-17-18-19-20-21-22-25-28-39-35(42)33(29(4)7-2)40-36(43)34(30(5)8-3)41-37(44)31-26-23-24-27-32(31)38(41)45/h23-24,26-27,29-30,33-34H,6-22,25,28H2,1-5H3,(H,39,42)(H,40,43)/t29-,30-,33-,34-/m0/s1. The van der Waals surface area contributed by atoms with Crippen LogP contribution in [0.3, 0.4) is 0 Å². The summed E-state index contributed by atoms with van der Waals surface area (Å²) in [5.41, 5.74) is 0.636. The van der Waals surface area contributed by atoms with E-state index in [9.17, 15) is 19.2 Å². The molecule has 0 aromatic heterocycles. The smallest absolute Gasteiger partial charge is 0.262 e. The predicted octanol–water partition coefficient (Wildman–Crippen LogP) is 8.61. The molecular formula is C38H63N3O4. The Balaban J connectivity index is 1.72. The number of fused-ring (bicyclic) bond motifs is 1. The molecule has 2 N–H and O–H groups in total. The lowest BCUT2D eigenvalue weighted by molar-refractivity contribution is -0.133. The third kappa shape index (κ3) is 12.5. The SMILES string of the molecule is CCCCCCCCCCCCCCCCCCNC(=O)[C@@H](NC(=O)[C@H]([C@@H](C)CC)N1C(=O)c2ccccc2C1=O)[C@@H](C)CC. The molecule has 4 amide bonds. The van der Waals surface area contributed by atoms with Gasteiger partial charge in [0, 0.05) is 6.54 Å². The van der Waals surface area contributed by atoms with Gasteiger partial charge in [0.05, 0.1) is 11.1 Å². The van der Waals surface area contributed by atoms with E-state index in [1.54, 1.807) is 24.3 Å². The molecule has 0 bridgehead atoms. The number of carbonyl (C=O) groups excluding carboxylic acids is 4. The highest BCUT2D eigenvalue weighted by Crippen LogP contribution is 2.28. The average Bonchev–Trinajstić information content (AvgIpc) is 3.29. The molecule has 0 radical (unpaired) electrons. The number of hydrogen-bond acceptors (Lipinski definition) is 4. The summed E-state index contributed by atoms with van der Waals surface area (Å²) in [6, 6.07) is 4.96. The minimum Gasteiger partial charge on any atom is -0.354 e. The van der Waals surface area contributed by atoms with Gasteiger partial charge in [-0.15, -0.1) is 0 Å². The van der Waals surface area contributed by atoms with E-state index in [0.29, 0.717) is 30.5 Å². The molecule has 7 nitrogen and oxygen atoms in total. The fourth-order valence-corrected chi connectivity index (χ4v) is 6.25. The van der Waals surface area contributed by atoms with Crippen LogP contribution in [0.4, 0.5) is 0 Å². The molecular weight excluding hydrogens is 562 g/mol. The fourth-order valence-electron chi connectivity index (χ4n) is 6.25. The Morgan fingerprint density at radius 3 is 1.47 bits per heavy atom. The van der Waals surface area contributed by atoms with Gasteiger partial charge in [-0.3, -0.25) is 24.1 Å². The molecule has 7 heteroatoms. The summed E-state index contributed by atoms with van der Waals surface area (Å²) in [6.07, 6.45) is 22.1. The van der Waals surface area contributed by atoms with Gasteiger partial charge in [0.1, 0.15) is 12.1 Å². The van der Waals surface area contributed by atoms with E-state index in [-0.39, 0.29) is 17.7 Å². The number of nitrogens with one attached hydrogen (secondary N) is 2. The number of benzene rings is 1. The van der Waals surface area contributed by atoms with Gasteiger partial charge in [-0.2, -0.15) is 0 Å². The molecule has 1 aliphatic heterocycles. The molecule has 2 rings (SSSR count). The average molecular weight is 626 g/mol. The first kappa shape index (κ1) is 38.5. The lowest BCUT2D eigenvalue weighted by Crippen LogP contribution is -2.58. The van der Waals surface area contributed by atoms with Crippen molar-refractivity contribution >= 4 is 23.6 Å². The van der Waals surface area contributed by atoms with Gasteiger partial charge in [0.25, 0.3) is 11.8 Å². The van der Waals surface area contributed by atoms with Crippen molar-refractivity contribution in [3.63, 3.8) is 0 Å². The van der Waals surface area contributed by atoms with Crippen molar-refractivity contribution in [1.29, 1.82) is 0 Å². The number of nitrogens with zero attached hydrogens (tertiary/aromatic N) is 1. The second kappa shape index (κ2) is 21.9. The van der Waals surface area contributed by atoms with Gasteiger partial charge in [0.15, 0.2) is 0 Å². The maximum Gasteiger partial charge on any atom is 0.262 e. The summed E-state index contributed by atoms with van der Waals surface area (Å²) in [7, 11) is 0. The van der Waals surface area contributed by atoms with Gasteiger partial charge >= 0.3 is 0 Å². The number of amides is 4. The lowest BCUT2D eigenvalue weighted by Gasteiger charge is -2.32. The Morgan fingerprint density at radius 2 is 1.04 bits per heavy atom. The van der Waals surface area contributed by atoms with Crippen molar-refractivity contribution < 1.29 is 19.2 Å². The van der Waals surface area contributed by atoms with Crippen LogP contribution in [0.2, 0.25) is 0 Å². The number of hydrogen-bond donors (Lipinski definition) is 2. The fraction of sp³-hybridized carbons (Fsp3) is 0.737. The molecule has 0 saturated carbocycles. The molecule has 4 atom stereocenters. The number of unbranched alkanes of at least 4 members (excludes halogenated alkanes) is 15. The second-order valence-electron chi connectivity index (χ2n) is 13.3. The van der Waals surface area contributed by atoms with E-state index in [2.05, 4.69) is 17.6 Å². The zero-order chi connectivity index (χ0) is 33.0. The number of rotatable bonds is 25. The van der Waals surface area contributed by atoms with Crippen LogP contribution < -0.4 is 10.6 Å². The third-order valence-corrected chi connectivity index (χ3v) is 9.68. The topological polar surface area (TPSA) is 95.6 Å².